The van der Waals surface area contributed by atoms with Crippen LogP contribution in [0.1, 0.15) is 40.0 Å². The molecule has 5 nitrogen and oxygen atoms in total. The van der Waals surface area contributed by atoms with Crippen LogP contribution in [0.5, 0.6) is 0 Å². The number of rotatable bonds is 1. The Balaban J connectivity index is 1.54. The van der Waals surface area contributed by atoms with Crippen molar-refractivity contribution in [3.8, 4) is 0 Å². The molecule has 1 saturated heterocycles. The van der Waals surface area contributed by atoms with Crippen LogP contribution in [-0.4, -0.2) is 53.1 Å². The number of piperazine rings is 1. The van der Waals surface area contributed by atoms with Crippen LogP contribution in [0.4, 0.5) is 4.79 Å². The lowest BCUT2D eigenvalue weighted by molar-refractivity contribution is -0.138. The molecular formula is C15H24N2O3. The van der Waals surface area contributed by atoms with Crippen LogP contribution in [0, 0.1) is 11.8 Å². The van der Waals surface area contributed by atoms with Gasteiger partial charge >= 0.3 is 6.09 Å². The van der Waals surface area contributed by atoms with E-state index in [0.29, 0.717) is 19.1 Å². The van der Waals surface area contributed by atoms with Gasteiger partial charge in [0.15, 0.2) is 0 Å². The Kier molecular flexibility index (Phi) is 3.18. The van der Waals surface area contributed by atoms with Gasteiger partial charge in [-0.1, -0.05) is 0 Å². The molecule has 2 aliphatic carbocycles. The highest BCUT2D eigenvalue weighted by Crippen LogP contribution is 2.53. The first-order chi connectivity index (χ1) is 9.33. The highest BCUT2D eigenvalue weighted by molar-refractivity contribution is 5.84. The molecule has 2 unspecified atom stereocenters. The van der Waals surface area contributed by atoms with Gasteiger partial charge in [-0.3, -0.25) is 9.69 Å². The zero-order valence-electron chi connectivity index (χ0n) is 12.6. The molecule has 3 aliphatic rings. The molecule has 5 heteroatoms. The van der Waals surface area contributed by atoms with Crippen LogP contribution < -0.4 is 0 Å². The largest absolute Gasteiger partial charge is 0.444 e. The molecule has 3 fully saturated rings. The number of amides is 2. The number of ether oxygens (including phenoxy) is 1. The number of carbonyl (C=O) groups is 2. The van der Waals surface area contributed by atoms with Gasteiger partial charge in [0.2, 0.25) is 5.91 Å². The van der Waals surface area contributed by atoms with Crippen LogP contribution in [0.15, 0.2) is 0 Å². The van der Waals surface area contributed by atoms with Gasteiger partial charge in [0.25, 0.3) is 0 Å². The Morgan fingerprint density at radius 2 is 1.80 bits per heavy atom. The minimum absolute atomic E-state index is 0.0772. The van der Waals surface area contributed by atoms with Gasteiger partial charge in [0.1, 0.15) is 12.1 Å². The fraction of sp³-hybridized carbons (Fsp3) is 0.867. The summed E-state index contributed by atoms with van der Waals surface area (Å²) in [5.74, 6) is 1.82. The van der Waals surface area contributed by atoms with E-state index in [1.165, 1.54) is 24.2 Å². The topological polar surface area (TPSA) is 49.9 Å². The van der Waals surface area contributed by atoms with Crippen molar-refractivity contribution in [2.45, 2.75) is 51.7 Å². The molecule has 2 amide bonds. The Bertz CT molecular complexity index is 419. The van der Waals surface area contributed by atoms with Crippen molar-refractivity contribution >= 4 is 12.0 Å². The van der Waals surface area contributed by atoms with E-state index in [0.717, 1.165) is 11.8 Å². The van der Waals surface area contributed by atoms with Crippen LogP contribution >= 0.6 is 0 Å². The van der Waals surface area contributed by atoms with Crippen molar-refractivity contribution in [3.63, 3.8) is 0 Å². The Hall–Kier alpha value is -1.26. The summed E-state index contributed by atoms with van der Waals surface area (Å²) in [6, 6.07) is 0.423. The quantitative estimate of drug-likeness (QED) is 0.736. The molecule has 1 aliphatic heterocycles. The second kappa shape index (κ2) is 4.64. The van der Waals surface area contributed by atoms with Crippen molar-refractivity contribution in [1.29, 1.82) is 0 Å². The molecular weight excluding hydrogens is 256 g/mol. The van der Waals surface area contributed by atoms with Crippen LogP contribution in [0.3, 0.4) is 0 Å². The first kappa shape index (κ1) is 13.7. The minimum Gasteiger partial charge on any atom is -0.444 e. The Morgan fingerprint density at radius 1 is 1.15 bits per heavy atom. The summed E-state index contributed by atoms with van der Waals surface area (Å²) >= 11 is 0. The fourth-order valence-corrected chi connectivity index (χ4v) is 3.49. The third-order valence-corrected chi connectivity index (χ3v) is 4.57. The Labute approximate surface area is 120 Å². The van der Waals surface area contributed by atoms with Gasteiger partial charge in [0.05, 0.1) is 0 Å². The maximum atomic E-state index is 12.3. The summed E-state index contributed by atoms with van der Waals surface area (Å²) < 4.78 is 5.33. The van der Waals surface area contributed by atoms with E-state index in [1.807, 2.05) is 25.7 Å². The molecule has 0 aromatic heterocycles. The van der Waals surface area contributed by atoms with Crippen molar-refractivity contribution in [2.75, 3.05) is 19.6 Å². The lowest BCUT2D eigenvalue weighted by atomic mass is 10.1. The molecule has 0 N–H and O–H groups in total. The molecule has 3 rings (SSSR count). The average molecular weight is 280 g/mol. The van der Waals surface area contributed by atoms with E-state index in [-0.39, 0.29) is 18.5 Å². The highest BCUT2D eigenvalue weighted by atomic mass is 16.6. The second-order valence-electron chi connectivity index (χ2n) is 7.37. The van der Waals surface area contributed by atoms with Gasteiger partial charge < -0.3 is 9.64 Å². The van der Waals surface area contributed by atoms with Crippen molar-refractivity contribution in [3.05, 3.63) is 0 Å². The first-order valence-electron chi connectivity index (χ1n) is 7.61. The van der Waals surface area contributed by atoms with Crippen LogP contribution in [0.25, 0.3) is 0 Å². The highest BCUT2D eigenvalue weighted by Gasteiger charge is 2.49. The van der Waals surface area contributed by atoms with Crippen molar-refractivity contribution in [2.24, 2.45) is 11.8 Å². The number of hydrogen-bond donors (Lipinski definition) is 0. The summed E-state index contributed by atoms with van der Waals surface area (Å²) in [6.07, 6.45) is 3.33. The second-order valence-corrected chi connectivity index (χ2v) is 7.37. The SMILES string of the molecule is CC(C)(C)OC(=O)N1CCN(C2CC3CC3C2)C(=O)C1. The summed E-state index contributed by atoms with van der Waals surface area (Å²) in [6.45, 7) is 6.94. The van der Waals surface area contributed by atoms with Crippen molar-refractivity contribution in [1.82, 2.24) is 9.80 Å². The number of carbonyl (C=O) groups excluding carboxylic acids is 2. The predicted molar refractivity (Wildman–Crippen MR) is 74.1 cm³/mol. The van der Waals surface area contributed by atoms with Gasteiger partial charge in [-0.2, -0.15) is 0 Å². The molecule has 2 atom stereocenters. The molecule has 0 spiro atoms. The smallest absolute Gasteiger partial charge is 0.410 e. The standard InChI is InChI=1S/C15H24N2O3/c1-15(2,3)20-14(19)16-4-5-17(13(18)9-16)12-7-10-6-11(10)8-12/h10-12H,4-9H2,1-3H3. The maximum absolute atomic E-state index is 12.3. The fourth-order valence-electron chi connectivity index (χ4n) is 3.49. The van der Waals surface area contributed by atoms with Crippen LogP contribution in [0.2, 0.25) is 0 Å². The molecule has 20 heavy (non-hydrogen) atoms. The summed E-state index contributed by atoms with van der Waals surface area (Å²) in [5, 5.41) is 0. The average Bonchev–Trinajstić information content (AvgIpc) is 2.94. The third kappa shape index (κ3) is 2.76. The summed E-state index contributed by atoms with van der Waals surface area (Å²) in [4.78, 5) is 27.8. The maximum Gasteiger partial charge on any atom is 0.410 e. The number of fused-ring (bicyclic) bond motifs is 1. The molecule has 0 radical (unpaired) electrons. The molecule has 0 bridgehead atoms. The van der Waals surface area contributed by atoms with E-state index in [4.69, 9.17) is 4.74 Å². The predicted octanol–water partition coefficient (Wildman–Crippen LogP) is 1.86. The number of hydrogen-bond acceptors (Lipinski definition) is 3. The first-order valence-corrected chi connectivity index (χ1v) is 7.61. The third-order valence-electron chi connectivity index (χ3n) is 4.57. The van der Waals surface area contributed by atoms with E-state index in [1.54, 1.807) is 0 Å². The normalized spacial score (nSPS) is 33.1. The number of nitrogens with zero attached hydrogens (tertiary/aromatic N) is 2. The summed E-state index contributed by atoms with van der Waals surface area (Å²) in [7, 11) is 0. The van der Waals surface area contributed by atoms with E-state index in [2.05, 4.69) is 0 Å². The van der Waals surface area contributed by atoms with E-state index >= 15 is 0 Å². The van der Waals surface area contributed by atoms with Gasteiger partial charge in [-0.15, -0.1) is 0 Å². The minimum atomic E-state index is -0.510. The van der Waals surface area contributed by atoms with Gasteiger partial charge in [0, 0.05) is 19.1 Å². The molecule has 0 aromatic carbocycles. The zero-order valence-corrected chi connectivity index (χ0v) is 12.6. The molecule has 0 aromatic rings. The van der Waals surface area contributed by atoms with Gasteiger partial charge in [-0.05, 0) is 51.9 Å². The lowest BCUT2D eigenvalue weighted by Crippen LogP contribution is -2.55. The molecule has 1 heterocycles. The molecule has 2 saturated carbocycles. The van der Waals surface area contributed by atoms with E-state index in [9.17, 15) is 9.59 Å². The summed E-state index contributed by atoms with van der Waals surface area (Å²) in [5.41, 5.74) is -0.510. The molecule has 112 valence electrons. The lowest BCUT2D eigenvalue weighted by Gasteiger charge is -2.38. The monoisotopic (exact) mass is 280 g/mol. The Morgan fingerprint density at radius 3 is 2.35 bits per heavy atom. The van der Waals surface area contributed by atoms with Crippen molar-refractivity contribution < 1.29 is 14.3 Å². The van der Waals surface area contributed by atoms with E-state index < -0.39 is 5.60 Å². The zero-order chi connectivity index (χ0) is 14.5. The van der Waals surface area contributed by atoms with Crippen LogP contribution in [-0.2, 0) is 9.53 Å². The van der Waals surface area contributed by atoms with Gasteiger partial charge in [-0.25, -0.2) is 4.79 Å².